The molecule has 1 aromatic rings. The van der Waals surface area contributed by atoms with Crippen LogP contribution in [0.3, 0.4) is 0 Å². The number of hydrogen-bond acceptors (Lipinski definition) is 3. The first-order valence-electron chi connectivity index (χ1n) is 6.21. The monoisotopic (exact) mass is 234 g/mol. The summed E-state index contributed by atoms with van der Waals surface area (Å²) in [6.07, 6.45) is 2.97. The van der Waals surface area contributed by atoms with Gasteiger partial charge in [-0.3, -0.25) is 4.90 Å². The molecule has 1 atom stereocenters. The molecule has 0 saturated carbocycles. The van der Waals surface area contributed by atoms with Gasteiger partial charge in [-0.15, -0.1) is 0 Å². The number of anilines is 1. The highest BCUT2D eigenvalue weighted by Crippen LogP contribution is 2.34. The molecular formula is C14H22N2O. The number of aryl methyl sites for hydroxylation is 1. The molecule has 0 spiro atoms. The minimum Gasteiger partial charge on any atom is -0.495 e. The van der Waals surface area contributed by atoms with Crippen LogP contribution in [0.5, 0.6) is 5.75 Å². The number of hydrogen-bond donors (Lipinski definition) is 0. The molecule has 0 bridgehead atoms. The third-order valence-electron chi connectivity index (χ3n) is 3.46. The second-order valence-electron chi connectivity index (χ2n) is 4.96. The van der Waals surface area contributed by atoms with Gasteiger partial charge in [0.1, 0.15) is 5.75 Å². The van der Waals surface area contributed by atoms with Crippen molar-refractivity contribution in [1.82, 2.24) is 4.90 Å². The van der Waals surface area contributed by atoms with Crippen molar-refractivity contribution in [3.63, 3.8) is 0 Å². The molecule has 3 heteroatoms. The van der Waals surface area contributed by atoms with Crippen LogP contribution in [0.15, 0.2) is 18.2 Å². The van der Waals surface area contributed by atoms with E-state index in [4.69, 9.17) is 4.74 Å². The predicted molar refractivity (Wildman–Crippen MR) is 71.8 cm³/mol. The molecule has 0 aliphatic carbocycles. The molecule has 2 rings (SSSR count). The Morgan fingerprint density at radius 1 is 1.35 bits per heavy atom. The fraction of sp³-hybridized carbons (Fsp3) is 0.571. The molecule has 0 radical (unpaired) electrons. The first-order valence-corrected chi connectivity index (χ1v) is 6.21. The minimum atomic E-state index is 0.491. The van der Waals surface area contributed by atoms with Crippen molar-refractivity contribution >= 4 is 5.69 Å². The Balaban J connectivity index is 2.35. The molecule has 1 aliphatic heterocycles. The molecule has 1 heterocycles. The van der Waals surface area contributed by atoms with Crippen molar-refractivity contribution in [2.45, 2.75) is 25.9 Å². The Morgan fingerprint density at radius 2 is 2.12 bits per heavy atom. The summed E-state index contributed by atoms with van der Waals surface area (Å²) in [6, 6.07) is 6.39. The normalized spacial score (nSPS) is 20.1. The fourth-order valence-corrected chi connectivity index (χ4v) is 2.59. The van der Waals surface area contributed by atoms with Gasteiger partial charge in [0.25, 0.3) is 0 Å². The zero-order chi connectivity index (χ0) is 12.4. The molecule has 1 aromatic carbocycles. The molecule has 94 valence electrons. The van der Waals surface area contributed by atoms with Gasteiger partial charge in [0.15, 0.2) is 0 Å². The van der Waals surface area contributed by atoms with Crippen molar-refractivity contribution in [1.29, 1.82) is 0 Å². The molecule has 1 fully saturated rings. The van der Waals surface area contributed by atoms with E-state index in [1.54, 1.807) is 7.11 Å². The number of nitrogens with zero attached hydrogens (tertiary/aromatic N) is 2. The van der Waals surface area contributed by atoms with Gasteiger partial charge in [-0.25, -0.2) is 0 Å². The fourth-order valence-electron chi connectivity index (χ4n) is 2.59. The summed E-state index contributed by atoms with van der Waals surface area (Å²) in [5, 5.41) is 0. The summed E-state index contributed by atoms with van der Waals surface area (Å²) in [4.78, 5) is 4.74. The SMILES string of the molecule is COc1ccc(C)cc1N1CCC[C@@H]1N(C)C. The number of methoxy groups -OCH3 is 1. The highest BCUT2D eigenvalue weighted by Gasteiger charge is 2.28. The highest BCUT2D eigenvalue weighted by molar-refractivity contribution is 5.61. The Kier molecular flexibility index (Phi) is 3.57. The smallest absolute Gasteiger partial charge is 0.142 e. The van der Waals surface area contributed by atoms with E-state index in [1.165, 1.54) is 24.1 Å². The average molecular weight is 234 g/mol. The Labute approximate surface area is 104 Å². The van der Waals surface area contributed by atoms with Gasteiger partial charge in [-0.1, -0.05) is 6.07 Å². The average Bonchev–Trinajstić information content (AvgIpc) is 2.77. The van der Waals surface area contributed by atoms with Gasteiger partial charge < -0.3 is 9.64 Å². The second kappa shape index (κ2) is 4.96. The van der Waals surface area contributed by atoms with Gasteiger partial charge in [0.05, 0.1) is 19.0 Å². The summed E-state index contributed by atoms with van der Waals surface area (Å²) < 4.78 is 5.48. The van der Waals surface area contributed by atoms with E-state index in [0.29, 0.717) is 6.17 Å². The summed E-state index contributed by atoms with van der Waals surface area (Å²) in [7, 11) is 6.03. The van der Waals surface area contributed by atoms with Crippen LogP contribution in [0, 0.1) is 6.92 Å². The standard InChI is InChI=1S/C14H22N2O/c1-11-7-8-13(17-4)12(10-11)16-9-5-6-14(16)15(2)3/h7-8,10,14H,5-6,9H2,1-4H3/t14-/m1/s1. The number of benzene rings is 1. The second-order valence-corrected chi connectivity index (χ2v) is 4.96. The maximum atomic E-state index is 5.48. The van der Waals surface area contributed by atoms with Crippen LogP contribution >= 0.6 is 0 Å². The van der Waals surface area contributed by atoms with Gasteiger partial charge in [0.2, 0.25) is 0 Å². The largest absolute Gasteiger partial charge is 0.495 e. The topological polar surface area (TPSA) is 15.7 Å². The van der Waals surface area contributed by atoms with Crippen molar-refractivity contribution in [3.8, 4) is 5.75 Å². The van der Waals surface area contributed by atoms with Gasteiger partial charge in [-0.2, -0.15) is 0 Å². The Morgan fingerprint density at radius 3 is 2.76 bits per heavy atom. The van der Waals surface area contributed by atoms with Crippen molar-refractivity contribution < 1.29 is 4.74 Å². The number of rotatable bonds is 3. The van der Waals surface area contributed by atoms with Crippen LogP contribution in [0.2, 0.25) is 0 Å². The minimum absolute atomic E-state index is 0.491. The van der Waals surface area contributed by atoms with Crippen LogP contribution in [-0.4, -0.2) is 38.8 Å². The molecular weight excluding hydrogens is 212 g/mol. The molecule has 1 saturated heterocycles. The van der Waals surface area contributed by atoms with Crippen LogP contribution < -0.4 is 9.64 Å². The zero-order valence-corrected chi connectivity index (χ0v) is 11.2. The van der Waals surface area contributed by atoms with Crippen LogP contribution in [0.1, 0.15) is 18.4 Å². The molecule has 0 unspecified atom stereocenters. The van der Waals surface area contributed by atoms with Crippen LogP contribution in [0.25, 0.3) is 0 Å². The summed E-state index contributed by atoms with van der Waals surface area (Å²) in [5.74, 6) is 0.976. The lowest BCUT2D eigenvalue weighted by atomic mass is 10.2. The summed E-state index contributed by atoms with van der Waals surface area (Å²) >= 11 is 0. The van der Waals surface area contributed by atoms with E-state index >= 15 is 0 Å². The predicted octanol–water partition coefficient (Wildman–Crippen LogP) is 2.49. The maximum absolute atomic E-state index is 5.48. The van der Waals surface area contributed by atoms with Crippen LogP contribution in [-0.2, 0) is 0 Å². The third-order valence-corrected chi connectivity index (χ3v) is 3.46. The van der Waals surface area contributed by atoms with Gasteiger partial charge in [0, 0.05) is 6.54 Å². The summed E-state index contributed by atoms with van der Waals surface area (Å²) in [5.41, 5.74) is 2.51. The van der Waals surface area contributed by atoms with E-state index in [9.17, 15) is 0 Å². The van der Waals surface area contributed by atoms with E-state index < -0.39 is 0 Å². The molecule has 1 aliphatic rings. The molecule has 0 aromatic heterocycles. The first kappa shape index (κ1) is 12.2. The van der Waals surface area contributed by atoms with E-state index in [0.717, 1.165) is 12.3 Å². The van der Waals surface area contributed by atoms with Crippen molar-refractivity contribution in [2.75, 3.05) is 32.6 Å². The summed E-state index contributed by atoms with van der Waals surface area (Å²) in [6.45, 7) is 3.24. The first-order chi connectivity index (χ1) is 8.13. The van der Waals surface area contributed by atoms with Gasteiger partial charge >= 0.3 is 0 Å². The molecule has 3 nitrogen and oxygen atoms in total. The lowest BCUT2D eigenvalue weighted by Gasteiger charge is -2.32. The third kappa shape index (κ3) is 2.39. The Bertz CT molecular complexity index is 390. The molecule has 0 N–H and O–H groups in total. The van der Waals surface area contributed by atoms with E-state index in [2.05, 4.69) is 49.0 Å². The van der Waals surface area contributed by atoms with E-state index in [-0.39, 0.29) is 0 Å². The lowest BCUT2D eigenvalue weighted by Crippen LogP contribution is -2.40. The molecule has 0 amide bonds. The maximum Gasteiger partial charge on any atom is 0.142 e. The quantitative estimate of drug-likeness (QED) is 0.799. The number of ether oxygens (including phenoxy) is 1. The van der Waals surface area contributed by atoms with Crippen molar-refractivity contribution in [2.24, 2.45) is 0 Å². The van der Waals surface area contributed by atoms with Crippen LogP contribution in [0.4, 0.5) is 5.69 Å². The molecule has 17 heavy (non-hydrogen) atoms. The Hall–Kier alpha value is -1.22. The van der Waals surface area contributed by atoms with Gasteiger partial charge in [-0.05, 0) is 51.6 Å². The lowest BCUT2D eigenvalue weighted by molar-refractivity contribution is 0.299. The van der Waals surface area contributed by atoms with Crippen molar-refractivity contribution in [3.05, 3.63) is 23.8 Å². The zero-order valence-electron chi connectivity index (χ0n) is 11.2. The van der Waals surface area contributed by atoms with E-state index in [1.807, 2.05) is 0 Å². The highest BCUT2D eigenvalue weighted by atomic mass is 16.5.